The molecule has 2 aromatic rings. The summed E-state index contributed by atoms with van der Waals surface area (Å²) in [5, 5.41) is 4.25. The van der Waals surface area contributed by atoms with Gasteiger partial charge in [-0.05, 0) is 39.7 Å². The molecule has 0 fully saturated rings. The fourth-order valence-corrected chi connectivity index (χ4v) is 2.61. The third-order valence-corrected chi connectivity index (χ3v) is 4.18. The van der Waals surface area contributed by atoms with Gasteiger partial charge in [0.05, 0.1) is 5.39 Å². The molecule has 0 amide bonds. The predicted octanol–water partition coefficient (Wildman–Crippen LogP) is 4.39. The molecule has 0 unspecified atom stereocenters. The lowest BCUT2D eigenvalue weighted by atomic mass is 10.1. The molecule has 0 saturated heterocycles. The van der Waals surface area contributed by atoms with E-state index in [0.29, 0.717) is 11.8 Å². The number of thiophene rings is 1. The van der Waals surface area contributed by atoms with Gasteiger partial charge in [0, 0.05) is 11.4 Å². The third kappa shape index (κ3) is 3.39. The monoisotopic (exact) mass is 293 g/mol. The van der Waals surface area contributed by atoms with Gasteiger partial charge in [0.25, 0.3) is 0 Å². The Morgan fingerprint density at radius 1 is 1.30 bits per heavy atom. The number of aromatic nitrogens is 2. The lowest BCUT2D eigenvalue weighted by Gasteiger charge is -2.24. The maximum Gasteiger partial charge on any atom is 0.227 e. The van der Waals surface area contributed by atoms with Crippen molar-refractivity contribution in [1.29, 1.82) is 0 Å². The molecule has 4 nitrogen and oxygen atoms in total. The number of aryl methyl sites for hydroxylation is 1. The summed E-state index contributed by atoms with van der Waals surface area (Å²) in [6.45, 7) is 11.4. The predicted molar refractivity (Wildman–Crippen MR) is 85.9 cm³/mol. The average Bonchev–Trinajstić information content (AvgIpc) is 2.77. The van der Waals surface area contributed by atoms with Crippen molar-refractivity contribution in [3.05, 3.63) is 10.9 Å². The Hall–Kier alpha value is -1.36. The molecule has 0 bridgehead atoms. The van der Waals surface area contributed by atoms with Gasteiger partial charge < -0.3 is 10.1 Å². The highest BCUT2D eigenvalue weighted by Crippen LogP contribution is 2.33. The Labute approximate surface area is 124 Å². The lowest BCUT2D eigenvalue weighted by molar-refractivity contribution is 0.101. The van der Waals surface area contributed by atoms with Crippen LogP contribution in [0.15, 0.2) is 6.07 Å². The van der Waals surface area contributed by atoms with Crippen LogP contribution in [0.1, 0.15) is 45.4 Å². The minimum atomic E-state index is -0.223. The van der Waals surface area contributed by atoms with Gasteiger partial charge in [-0.2, -0.15) is 4.98 Å². The van der Waals surface area contributed by atoms with E-state index in [4.69, 9.17) is 4.74 Å². The van der Waals surface area contributed by atoms with Crippen molar-refractivity contribution in [1.82, 2.24) is 9.97 Å². The van der Waals surface area contributed by atoms with Gasteiger partial charge in [0.15, 0.2) is 0 Å². The zero-order valence-corrected chi connectivity index (χ0v) is 13.7. The molecule has 5 heteroatoms. The highest BCUT2D eigenvalue weighted by molar-refractivity contribution is 7.18. The van der Waals surface area contributed by atoms with Gasteiger partial charge >= 0.3 is 0 Å². The van der Waals surface area contributed by atoms with Gasteiger partial charge in [-0.15, -0.1) is 11.3 Å². The minimum Gasteiger partial charge on any atom is -0.471 e. The Bertz CT molecular complexity index is 592. The zero-order valence-electron chi connectivity index (χ0n) is 12.9. The molecule has 0 aliphatic heterocycles. The SMILES string of the molecule is CCCNc1nc(OC(C)(C)CC)c2cc(C)sc2n1. The van der Waals surface area contributed by atoms with E-state index >= 15 is 0 Å². The van der Waals surface area contributed by atoms with Gasteiger partial charge in [-0.25, -0.2) is 4.98 Å². The van der Waals surface area contributed by atoms with Gasteiger partial charge in [0.1, 0.15) is 10.4 Å². The Balaban J connectivity index is 2.43. The summed E-state index contributed by atoms with van der Waals surface area (Å²) in [6.07, 6.45) is 1.97. The first-order valence-electron chi connectivity index (χ1n) is 7.16. The van der Waals surface area contributed by atoms with Crippen molar-refractivity contribution in [2.45, 2.75) is 53.1 Å². The maximum atomic E-state index is 6.11. The lowest BCUT2D eigenvalue weighted by Crippen LogP contribution is -2.27. The van der Waals surface area contributed by atoms with E-state index in [1.54, 1.807) is 11.3 Å². The number of rotatable bonds is 6. The fraction of sp³-hybridized carbons (Fsp3) is 0.600. The summed E-state index contributed by atoms with van der Waals surface area (Å²) in [5.74, 6) is 1.34. The highest BCUT2D eigenvalue weighted by atomic mass is 32.1. The molecular weight excluding hydrogens is 270 g/mol. The largest absolute Gasteiger partial charge is 0.471 e. The quantitative estimate of drug-likeness (QED) is 0.858. The fourth-order valence-electron chi connectivity index (χ4n) is 1.74. The second-order valence-corrected chi connectivity index (χ2v) is 6.81. The summed E-state index contributed by atoms with van der Waals surface area (Å²) in [6, 6.07) is 2.10. The second kappa shape index (κ2) is 5.95. The van der Waals surface area contributed by atoms with Crippen LogP contribution in [0.5, 0.6) is 5.88 Å². The maximum absolute atomic E-state index is 6.11. The summed E-state index contributed by atoms with van der Waals surface area (Å²) >= 11 is 1.68. The van der Waals surface area contributed by atoms with E-state index in [1.165, 1.54) is 4.88 Å². The third-order valence-electron chi connectivity index (χ3n) is 3.24. The van der Waals surface area contributed by atoms with E-state index in [-0.39, 0.29) is 5.60 Å². The molecule has 0 atom stereocenters. The Morgan fingerprint density at radius 2 is 2.05 bits per heavy atom. The van der Waals surface area contributed by atoms with E-state index in [1.807, 2.05) is 0 Å². The van der Waals surface area contributed by atoms with Crippen LogP contribution in [0.4, 0.5) is 5.95 Å². The smallest absolute Gasteiger partial charge is 0.227 e. The molecule has 0 aliphatic carbocycles. The van der Waals surface area contributed by atoms with E-state index in [2.05, 4.69) is 56.0 Å². The normalized spacial score (nSPS) is 11.8. The summed E-state index contributed by atoms with van der Waals surface area (Å²) in [7, 11) is 0. The van der Waals surface area contributed by atoms with Gasteiger partial charge in [-0.3, -0.25) is 0 Å². The molecule has 2 heterocycles. The van der Waals surface area contributed by atoms with Gasteiger partial charge in [-0.1, -0.05) is 13.8 Å². The molecule has 2 aromatic heterocycles. The van der Waals surface area contributed by atoms with Crippen molar-refractivity contribution < 1.29 is 4.74 Å². The molecule has 0 spiro atoms. The first-order chi connectivity index (χ1) is 9.45. The van der Waals surface area contributed by atoms with Crippen molar-refractivity contribution in [3.63, 3.8) is 0 Å². The van der Waals surface area contributed by atoms with Crippen LogP contribution in [-0.2, 0) is 0 Å². The molecule has 0 saturated carbocycles. The number of anilines is 1. The van der Waals surface area contributed by atoms with Crippen molar-refractivity contribution in [2.75, 3.05) is 11.9 Å². The van der Waals surface area contributed by atoms with Crippen LogP contribution in [0, 0.1) is 6.92 Å². The van der Waals surface area contributed by atoms with Crippen LogP contribution in [0.25, 0.3) is 10.2 Å². The average molecular weight is 293 g/mol. The van der Waals surface area contributed by atoms with Crippen LogP contribution < -0.4 is 10.1 Å². The molecule has 20 heavy (non-hydrogen) atoms. The summed E-state index contributed by atoms with van der Waals surface area (Å²) in [5.41, 5.74) is -0.223. The molecule has 0 aliphatic rings. The second-order valence-electron chi connectivity index (χ2n) is 5.57. The van der Waals surface area contributed by atoms with E-state index < -0.39 is 0 Å². The Morgan fingerprint density at radius 3 is 2.70 bits per heavy atom. The minimum absolute atomic E-state index is 0.223. The molecule has 2 rings (SSSR count). The van der Waals surface area contributed by atoms with Crippen molar-refractivity contribution >= 4 is 27.5 Å². The number of ether oxygens (including phenoxy) is 1. The van der Waals surface area contributed by atoms with Crippen molar-refractivity contribution in [2.24, 2.45) is 0 Å². The molecular formula is C15H23N3OS. The first-order valence-corrected chi connectivity index (χ1v) is 7.98. The standard InChI is InChI=1S/C15H23N3OS/c1-6-8-16-14-17-12(19-15(4,5)7-2)11-9-10(3)20-13(11)18-14/h9H,6-8H2,1-5H3,(H,16,17,18). The van der Waals surface area contributed by atoms with Crippen LogP contribution in [0.3, 0.4) is 0 Å². The highest BCUT2D eigenvalue weighted by Gasteiger charge is 2.21. The number of hydrogen-bond acceptors (Lipinski definition) is 5. The van der Waals surface area contributed by atoms with Crippen molar-refractivity contribution in [3.8, 4) is 5.88 Å². The van der Waals surface area contributed by atoms with Crippen LogP contribution in [0.2, 0.25) is 0 Å². The Kier molecular flexibility index (Phi) is 4.48. The summed E-state index contributed by atoms with van der Waals surface area (Å²) < 4.78 is 6.11. The number of hydrogen-bond donors (Lipinski definition) is 1. The molecule has 110 valence electrons. The molecule has 0 radical (unpaired) electrons. The van der Waals surface area contributed by atoms with E-state index in [0.717, 1.165) is 29.6 Å². The summed E-state index contributed by atoms with van der Waals surface area (Å²) in [4.78, 5) is 11.3. The zero-order chi connectivity index (χ0) is 14.8. The van der Waals surface area contributed by atoms with Gasteiger partial charge in [0.2, 0.25) is 11.8 Å². The topological polar surface area (TPSA) is 47.0 Å². The molecule has 0 aromatic carbocycles. The van der Waals surface area contributed by atoms with Crippen LogP contribution >= 0.6 is 11.3 Å². The molecule has 1 N–H and O–H groups in total. The van der Waals surface area contributed by atoms with E-state index in [9.17, 15) is 0 Å². The van der Waals surface area contributed by atoms with Crippen LogP contribution in [-0.4, -0.2) is 22.1 Å². The first kappa shape index (κ1) is 15.0. The number of nitrogens with one attached hydrogen (secondary N) is 1. The number of fused-ring (bicyclic) bond motifs is 1. The number of nitrogens with zero attached hydrogens (tertiary/aromatic N) is 2.